The highest BCUT2D eigenvalue weighted by Gasteiger charge is 2.16. The molecule has 5 heteroatoms. The van der Waals surface area contributed by atoms with Gasteiger partial charge in [0.05, 0.1) is 24.2 Å². The highest BCUT2D eigenvalue weighted by atomic mass is 16.6. The Hall–Kier alpha value is -1.78. The smallest absolute Gasteiger partial charge is 0.412 e. The summed E-state index contributed by atoms with van der Waals surface area (Å²) in [5.41, 5.74) is 0.0314. The Morgan fingerprint density at radius 3 is 2.50 bits per heavy atom. The maximum Gasteiger partial charge on any atom is 0.412 e. The molecule has 0 saturated heterocycles. The van der Waals surface area contributed by atoms with Gasteiger partial charge in [0.15, 0.2) is 0 Å². The second kappa shape index (κ2) is 7.12. The topological polar surface area (TPSA) is 60.5 Å². The summed E-state index contributed by atoms with van der Waals surface area (Å²) in [7, 11) is 0. The van der Waals surface area contributed by atoms with E-state index >= 15 is 0 Å². The Bertz CT molecular complexity index is 437. The van der Waals surface area contributed by atoms with Crippen LogP contribution in [0.15, 0.2) is 18.5 Å². The highest BCUT2D eigenvalue weighted by molar-refractivity contribution is 5.84. The minimum Gasteiger partial charge on any atom is -0.489 e. The Morgan fingerprint density at radius 1 is 1.30 bits per heavy atom. The largest absolute Gasteiger partial charge is 0.489 e. The van der Waals surface area contributed by atoms with Gasteiger partial charge in [0, 0.05) is 6.07 Å². The van der Waals surface area contributed by atoms with Crippen molar-refractivity contribution < 1.29 is 14.3 Å². The average Bonchev–Trinajstić information content (AvgIpc) is 2.34. The molecule has 0 unspecified atom stereocenters. The first-order chi connectivity index (χ1) is 9.34. The summed E-state index contributed by atoms with van der Waals surface area (Å²) >= 11 is 0. The van der Waals surface area contributed by atoms with Gasteiger partial charge in [-0.25, -0.2) is 4.79 Å². The quantitative estimate of drug-likeness (QED) is 0.885. The van der Waals surface area contributed by atoms with Crippen LogP contribution >= 0.6 is 0 Å². The molecule has 1 amide bonds. The van der Waals surface area contributed by atoms with Gasteiger partial charge in [-0.2, -0.15) is 0 Å². The van der Waals surface area contributed by atoms with Crippen molar-refractivity contribution in [2.24, 2.45) is 0 Å². The van der Waals surface area contributed by atoms with E-state index in [-0.39, 0.29) is 6.10 Å². The number of nitrogens with zero attached hydrogens (tertiary/aromatic N) is 1. The number of carbonyl (C=O) groups is 1. The first kappa shape index (κ1) is 16.3. The molecule has 1 rings (SSSR count). The van der Waals surface area contributed by atoms with E-state index in [1.807, 2.05) is 20.8 Å². The van der Waals surface area contributed by atoms with Gasteiger partial charge in [0.1, 0.15) is 11.4 Å². The summed E-state index contributed by atoms with van der Waals surface area (Å²) < 4.78 is 11.0. The van der Waals surface area contributed by atoms with Crippen LogP contribution in [0, 0.1) is 0 Å². The Balaban J connectivity index is 2.66. The van der Waals surface area contributed by atoms with E-state index in [0.717, 1.165) is 12.8 Å². The van der Waals surface area contributed by atoms with E-state index in [2.05, 4.69) is 24.1 Å². The standard InChI is InChI=1S/C15H24N2O3/c1-6-12(7-2)19-13-8-11(9-16-10-13)17-14(18)20-15(3,4)5/h8-10,12H,6-7H2,1-5H3,(H,17,18). The molecule has 112 valence electrons. The molecular formula is C15H24N2O3. The molecule has 5 nitrogen and oxygen atoms in total. The molecular weight excluding hydrogens is 256 g/mol. The van der Waals surface area contributed by atoms with Gasteiger partial charge in [-0.1, -0.05) is 13.8 Å². The fourth-order valence-electron chi connectivity index (χ4n) is 1.62. The van der Waals surface area contributed by atoms with Crippen LogP contribution in [0.5, 0.6) is 5.75 Å². The second-order valence-corrected chi connectivity index (χ2v) is 5.59. The molecule has 0 aliphatic heterocycles. The maximum absolute atomic E-state index is 11.7. The number of anilines is 1. The first-order valence-electron chi connectivity index (χ1n) is 6.95. The summed E-state index contributed by atoms with van der Waals surface area (Å²) in [4.78, 5) is 15.7. The lowest BCUT2D eigenvalue weighted by atomic mass is 10.2. The number of aromatic nitrogens is 1. The van der Waals surface area contributed by atoms with Crippen LogP contribution in [0.3, 0.4) is 0 Å². The van der Waals surface area contributed by atoms with Gasteiger partial charge in [-0.3, -0.25) is 10.3 Å². The van der Waals surface area contributed by atoms with Crippen molar-refractivity contribution in [1.82, 2.24) is 4.98 Å². The summed E-state index contributed by atoms with van der Waals surface area (Å²) in [5, 5.41) is 2.64. The third-order valence-electron chi connectivity index (χ3n) is 2.57. The lowest BCUT2D eigenvalue weighted by Crippen LogP contribution is -2.27. The molecule has 1 N–H and O–H groups in total. The Morgan fingerprint density at radius 2 is 1.95 bits per heavy atom. The summed E-state index contributed by atoms with van der Waals surface area (Å²) in [5.74, 6) is 0.646. The third kappa shape index (κ3) is 5.91. The second-order valence-electron chi connectivity index (χ2n) is 5.59. The zero-order valence-electron chi connectivity index (χ0n) is 12.9. The molecule has 0 radical (unpaired) electrons. The molecule has 0 aliphatic rings. The number of nitrogens with one attached hydrogen (secondary N) is 1. The van der Waals surface area contributed by atoms with Crippen molar-refractivity contribution in [3.05, 3.63) is 18.5 Å². The molecule has 20 heavy (non-hydrogen) atoms. The molecule has 0 fully saturated rings. The van der Waals surface area contributed by atoms with E-state index in [0.29, 0.717) is 11.4 Å². The number of rotatable bonds is 5. The van der Waals surface area contributed by atoms with E-state index < -0.39 is 11.7 Å². The molecule has 1 aromatic rings. The zero-order valence-corrected chi connectivity index (χ0v) is 12.9. The number of hydrogen-bond donors (Lipinski definition) is 1. The van der Waals surface area contributed by atoms with Crippen molar-refractivity contribution in [3.63, 3.8) is 0 Å². The number of amides is 1. The summed E-state index contributed by atoms with van der Waals surface area (Å²) in [6.07, 6.45) is 4.72. The van der Waals surface area contributed by atoms with Gasteiger partial charge in [-0.15, -0.1) is 0 Å². The van der Waals surface area contributed by atoms with Crippen molar-refractivity contribution >= 4 is 11.8 Å². The molecule has 0 spiro atoms. The molecule has 0 atom stereocenters. The average molecular weight is 280 g/mol. The van der Waals surface area contributed by atoms with Gasteiger partial charge in [0.2, 0.25) is 0 Å². The monoisotopic (exact) mass is 280 g/mol. The van der Waals surface area contributed by atoms with Crippen molar-refractivity contribution in [1.29, 1.82) is 0 Å². The minimum atomic E-state index is -0.527. The van der Waals surface area contributed by atoms with E-state index in [4.69, 9.17) is 9.47 Å². The Labute approximate surface area is 120 Å². The Kier molecular flexibility index (Phi) is 5.80. The number of hydrogen-bond acceptors (Lipinski definition) is 4. The van der Waals surface area contributed by atoms with Crippen LogP contribution in [0.25, 0.3) is 0 Å². The normalized spacial score (nSPS) is 11.3. The van der Waals surface area contributed by atoms with E-state index in [1.165, 1.54) is 0 Å². The van der Waals surface area contributed by atoms with E-state index in [1.54, 1.807) is 18.5 Å². The highest BCUT2D eigenvalue weighted by Crippen LogP contribution is 2.19. The maximum atomic E-state index is 11.7. The lowest BCUT2D eigenvalue weighted by molar-refractivity contribution is 0.0636. The molecule has 1 heterocycles. The predicted molar refractivity (Wildman–Crippen MR) is 79.1 cm³/mol. The van der Waals surface area contributed by atoms with Gasteiger partial charge < -0.3 is 9.47 Å². The van der Waals surface area contributed by atoms with Crippen LogP contribution in [0.1, 0.15) is 47.5 Å². The molecule has 0 aliphatic carbocycles. The molecule has 0 aromatic carbocycles. The fourth-order valence-corrected chi connectivity index (χ4v) is 1.62. The van der Waals surface area contributed by atoms with Crippen LogP contribution < -0.4 is 10.1 Å². The molecule has 0 bridgehead atoms. The van der Waals surface area contributed by atoms with Crippen LogP contribution in [-0.2, 0) is 4.74 Å². The minimum absolute atomic E-state index is 0.161. The van der Waals surface area contributed by atoms with Gasteiger partial charge in [-0.05, 0) is 33.6 Å². The van der Waals surface area contributed by atoms with Crippen molar-refractivity contribution in [3.8, 4) is 5.75 Å². The van der Waals surface area contributed by atoms with Crippen LogP contribution in [0.4, 0.5) is 10.5 Å². The van der Waals surface area contributed by atoms with Crippen LogP contribution in [0.2, 0.25) is 0 Å². The number of pyridine rings is 1. The van der Waals surface area contributed by atoms with Crippen molar-refractivity contribution in [2.45, 2.75) is 59.2 Å². The first-order valence-corrected chi connectivity index (χ1v) is 6.95. The van der Waals surface area contributed by atoms with Crippen LogP contribution in [-0.4, -0.2) is 22.8 Å². The van der Waals surface area contributed by atoms with Crippen molar-refractivity contribution in [2.75, 3.05) is 5.32 Å². The lowest BCUT2D eigenvalue weighted by Gasteiger charge is -2.20. The summed E-state index contributed by atoms with van der Waals surface area (Å²) in [6, 6.07) is 1.75. The fraction of sp³-hybridized carbons (Fsp3) is 0.600. The molecule has 1 aromatic heterocycles. The summed E-state index contributed by atoms with van der Waals surface area (Å²) in [6.45, 7) is 9.60. The SMILES string of the molecule is CCC(CC)Oc1cncc(NC(=O)OC(C)(C)C)c1. The van der Waals surface area contributed by atoms with Gasteiger partial charge >= 0.3 is 6.09 Å². The third-order valence-corrected chi connectivity index (χ3v) is 2.57. The number of ether oxygens (including phenoxy) is 2. The van der Waals surface area contributed by atoms with E-state index in [9.17, 15) is 4.79 Å². The zero-order chi connectivity index (χ0) is 15.2. The van der Waals surface area contributed by atoms with Gasteiger partial charge in [0.25, 0.3) is 0 Å². The molecule has 0 saturated carbocycles. The predicted octanol–water partition coefficient (Wildman–Crippen LogP) is 4.00. The number of carbonyl (C=O) groups excluding carboxylic acids is 1.